The van der Waals surface area contributed by atoms with E-state index >= 15 is 0 Å². The van der Waals surface area contributed by atoms with E-state index in [0.29, 0.717) is 0 Å². The van der Waals surface area contributed by atoms with Crippen LogP contribution in [-0.4, -0.2) is 18.3 Å². The molecule has 17 heavy (non-hydrogen) atoms. The summed E-state index contributed by atoms with van der Waals surface area (Å²) < 4.78 is 35.0. The first-order chi connectivity index (χ1) is 8.99. The van der Waals surface area contributed by atoms with Gasteiger partial charge in [0.05, 0.1) is 25.4 Å². The average Bonchev–Trinajstić information content (AvgIpc) is 2.53. The molecule has 0 saturated carbocycles. The van der Waals surface area contributed by atoms with Crippen LogP contribution in [0.4, 0.5) is 0 Å². The first kappa shape index (κ1) is 9.68. The van der Waals surface area contributed by atoms with E-state index in [9.17, 15) is 0 Å². The van der Waals surface area contributed by atoms with Crippen LogP contribution in [-0.2, 0) is 9.31 Å². The standard InChI is InChI=1S/C12H15BCl2O2/c1-11(2)12(3,4)17-13(16-11)8-6-5-7-9(14)10(8)15/h5-7H,1-4H3/i5D,6D,7D. The van der Waals surface area contributed by atoms with E-state index in [0.717, 1.165) is 0 Å². The normalized spacial score (nSPS) is 24.4. The quantitative estimate of drug-likeness (QED) is 0.733. The Bertz CT molecular complexity index is 533. The van der Waals surface area contributed by atoms with Crippen molar-refractivity contribution in [2.24, 2.45) is 0 Å². The molecular weight excluding hydrogens is 258 g/mol. The molecule has 1 aliphatic rings. The first-order valence-corrected chi connectivity index (χ1v) is 6.05. The lowest BCUT2D eigenvalue weighted by atomic mass is 9.79. The number of rotatable bonds is 1. The largest absolute Gasteiger partial charge is 0.496 e. The highest BCUT2D eigenvalue weighted by Gasteiger charge is 2.52. The van der Waals surface area contributed by atoms with Gasteiger partial charge in [0, 0.05) is 5.46 Å². The summed E-state index contributed by atoms with van der Waals surface area (Å²) in [4.78, 5) is 0. The molecule has 0 aromatic heterocycles. The van der Waals surface area contributed by atoms with Gasteiger partial charge in [-0.15, -0.1) is 0 Å². The molecule has 0 radical (unpaired) electrons. The van der Waals surface area contributed by atoms with Gasteiger partial charge in [0.2, 0.25) is 0 Å². The summed E-state index contributed by atoms with van der Waals surface area (Å²) in [5, 5.41) is -0.0199. The Hall–Kier alpha value is -0.215. The molecule has 0 amide bonds. The van der Waals surface area contributed by atoms with Crippen LogP contribution < -0.4 is 5.46 Å². The predicted octanol–water partition coefficient (Wildman–Crippen LogP) is 3.29. The van der Waals surface area contributed by atoms with Crippen LogP contribution in [0.2, 0.25) is 10.0 Å². The number of hydrogen-bond donors (Lipinski definition) is 0. The third-order valence-corrected chi connectivity index (χ3v) is 4.06. The molecule has 0 aliphatic carbocycles. The topological polar surface area (TPSA) is 18.5 Å². The molecule has 1 aromatic carbocycles. The second kappa shape index (κ2) is 4.16. The van der Waals surface area contributed by atoms with Crippen LogP contribution in [0, 0.1) is 0 Å². The smallest absolute Gasteiger partial charge is 0.399 e. The first-order valence-electron chi connectivity index (χ1n) is 6.80. The van der Waals surface area contributed by atoms with E-state index in [1.807, 2.05) is 27.7 Å². The van der Waals surface area contributed by atoms with Crippen molar-refractivity contribution in [1.82, 2.24) is 0 Å². The molecule has 1 aliphatic heterocycles. The second-order valence-electron chi connectivity index (χ2n) is 5.00. The number of hydrogen-bond acceptors (Lipinski definition) is 2. The zero-order valence-corrected chi connectivity index (χ0v) is 11.7. The number of halogens is 2. The van der Waals surface area contributed by atoms with Crippen molar-refractivity contribution < 1.29 is 13.4 Å². The molecule has 92 valence electrons. The predicted molar refractivity (Wildman–Crippen MR) is 72.2 cm³/mol. The second-order valence-corrected chi connectivity index (χ2v) is 5.76. The number of benzene rings is 1. The van der Waals surface area contributed by atoms with Crippen LogP contribution in [0.15, 0.2) is 18.1 Å². The highest BCUT2D eigenvalue weighted by molar-refractivity contribution is 6.66. The van der Waals surface area contributed by atoms with Crippen molar-refractivity contribution in [1.29, 1.82) is 0 Å². The van der Waals surface area contributed by atoms with E-state index in [1.54, 1.807) is 0 Å². The van der Waals surface area contributed by atoms with Crippen molar-refractivity contribution in [3.8, 4) is 0 Å². The maximum Gasteiger partial charge on any atom is 0.496 e. The Morgan fingerprint density at radius 3 is 2.18 bits per heavy atom. The fourth-order valence-electron chi connectivity index (χ4n) is 1.50. The maximum absolute atomic E-state index is 7.99. The maximum atomic E-state index is 7.99. The Kier molecular flexibility index (Phi) is 2.37. The minimum Gasteiger partial charge on any atom is -0.399 e. The van der Waals surface area contributed by atoms with Crippen LogP contribution >= 0.6 is 23.2 Å². The van der Waals surface area contributed by atoms with Crippen LogP contribution in [0.1, 0.15) is 31.8 Å². The lowest BCUT2D eigenvalue weighted by molar-refractivity contribution is 0.00578. The highest BCUT2D eigenvalue weighted by Crippen LogP contribution is 2.37. The summed E-state index contributed by atoms with van der Waals surface area (Å²) in [5.74, 6) is 0. The van der Waals surface area contributed by atoms with Gasteiger partial charge in [0.25, 0.3) is 0 Å². The van der Waals surface area contributed by atoms with Crippen molar-refractivity contribution >= 4 is 35.8 Å². The minimum absolute atomic E-state index is 0.0381. The summed E-state index contributed by atoms with van der Waals surface area (Å²) in [6.07, 6.45) is 0. The van der Waals surface area contributed by atoms with E-state index in [1.165, 1.54) is 0 Å². The van der Waals surface area contributed by atoms with Gasteiger partial charge in [-0.3, -0.25) is 0 Å². The molecule has 0 bridgehead atoms. The van der Waals surface area contributed by atoms with Crippen LogP contribution in [0.5, 0.6) is 0 Å². The van der Waals surface area contributed by atoms with Gasteiger partial charge in [-0.25, -0.2) is 0 Å². The van der Waals surface area contributed by atoms with Gasteiger partial charge in [-0.05, 0) is 33.7 Å². The Morgan fingerprint density at radius 1 is 1.12 bits per heavy atom. The van der Waals surface area contributed by atoms with Gasteiger partial charge in [0.15, 0.2) is 0 Å². The summed E-state index contributed by atoms with van der Waals surface area (Å²) in [6, 6.07) is -0.742. The molecular formula is C12H15BCl2O2. The summed E-state index contributed by atoms with van der Waals surface area (Å²) in [6.45, 7) is 7.53. The molecule has 1 saturated heterocycles. The van der Waals surface area contributed by atoms with Crippen molar-refractivity contribution in [2.75, 3.05) is 0 Å². The molecule has 0 atom stereocenters. The van der Waals surface area contributed by atoms with E-state index < -0.39 is 18.3 Å². The SMILES string of the molecule is [2H]c1c([2H])c(Cl)c(Cl)c(B2OC(C)(C)C(C)(C)O2)c1[2H]. The molecule has 1 aromatic rings. The Morgan fingerprint density at radius 2 is 1.65 bits per heavy atom. The zero-order chi connectivity index (χ0) is 15.5. The van der Waals surface area contributed by atoms with Crippen molar-refractivity contribution in [3.05, 3.63) is 28.2 Å². The van der Waals surface area contributed by atoms with Crippen molar-refractivity contribution in [2.45, 2.75) is 38.9 Å². The molecule has 1 heterocycles. The molecule has 5 heteroatoms. The Balaban J connectivity index is 2.57. The zero-order valence-electron chi connectivity index (χ0n) is 13.1. The molecule has 0 unspecified atom stereocenters. The van der Waals surface area contributed by atoms with E-state index in [2.05, 4.69) is 0 Å². The van der Waals surface area contributed by atoms with Gasteiger partial charge in [-0.2, -0.15) is 0 Å². The summed E-state index contributed by atoms with van der Waals surface area (Å²) in [7, 11) is -0.873. The van der Waals surface area contributed by atoms with Gasteiger partial charge >= 0.3 is 7.12 Å². The van der Waals surface area contributed by atoms with Crippen molar-refractivity contribution in [3.63, 3.8) is 0 Å². The van der Waals surface area contributed by atoms with Gasteiger partial charge in [-0.1, -0.05) is 35.3 Å². The molecule has 0 spiro atoms. The monoisotopic (exact) mass is 275 g/mol. The minimum atomic E-state index is -0.873. The molecule has 2 rings (SSSR count). The van der Waals surface area contributed by atoms with Gasteiger partial charge < -0.3 is 9.31 Å². The van der Waals surface area contributed by atoms with E-state index in [-0.39, 0.29) is 33.6 Å². The average molecular weight is 276 g/mol. The lowest BCUT2D eigenvalue weighted by Gasteiger charge is -2.32. The summed E-state index contributed by atoms with van der Waals surface area (Å²) in [5.41, 5.74) is -0.958. The molecule has 0 N–H and O–H groups in total. The summed E-state index contributed by atoms with van der Waals surface area (Å²) >= 11 is 12.1. The van der Waals surface area contributed by atoms with E-state index in [4.69, 9.17) is 36.6 Å². The fraction of sp³-hybridized carbons (Fsp3) is 0.500. The van der Waals surface area contributed by atoms with Crippen LogP contribution in [0.3, 0.4) is 0 Å². The lowest BCUT2D eigenvalue weighted by Crippen LogP contribution is -2.41. The molecule has 1 fully saturated rings. The highest BCUT2D eigenvalue weighted by atomic mass is 35.5. The van der Waals surface area contributed by atoms with Gasteiger partial charge in [0.1, 0.15) is 0 Å². The third kappa shape index (κ3) is 2.22. The fourth-order valence-corrected chi connectivity index (χ4v) is 1.84. The Labute approximate surface area is 117 Å². The third-order valence-electron chi connectivity index (χ3n) is 3.29. The van der Waals surface area contributed by atoms with Crippen LogP contribution in [0.25, 0.3) is 0 Å². The molecule has 2 nitrogen and oxygen atoms in total.